The Hall–Kier alpha value is -2.13. The number of nitriles is 1. The minimum Gasteiger partial charge on any atom is -0.381 e. The van der Waals surface area contributed by atoms with Gasteiger partial charge in [0, 0.05) is 30.7 Å². The molecule has 3 atom stereocenters. The van der Waals surface area contributed by atoms with Gasteiger partial charge in [0.25, 0.3) is 5.69 Å². The molecule has 1 aliphatic heterocycles. The average molecular weight is 287 g/mol. The van der Waals surface area contributed by atoms with Gasteiger partial charge >= 0.3 is 0 Å². The summed E-state index contributed by atoms with van der Waals surface area (Å²) in [6, 6.07) is 6.72. The van der Waals surface area contributed by atoms with Gasteiger partial charge in [-0.3, -0.25) is 10.1 Å². The van der Waals surface area contributed by atoms with Gasteiger partial charge in [0.05, 0.1) is 22.3 Å². The monoisotopic (exact) mass is 287 g/mol. The van der Waals surface area contributed by atoms with Crippen molar-refractivity contribution in [1.29, 1.82) is 5.26 Å². The van der Waals surface area contributed by atoms with E-state index in [2.05, 4.69) is 5.32 Å². The number of nitrogens with one attached hydrogen (secondary N) is 1. The van der Waals surface area contributed by atoms with Gasteiger partial charge in [0.15, 0.2) is 0 Å². The largest absolute Gasteiger partial charge is 0.381 e. The lowest BCUT2D eigenvalue weighted by molar-refractivity contribution is -0.384. The van der Waals surface area contributed by atoms with Gasteiger partial charge in [-0.05, 0) is 31.7 Å². The fourth-order valence-electron chi connectivity index (χ4n) is 3.42. The van der Waals surface area contributed by atoms with Crippen LogP contribution in [0.25, 0.3) is 0 Å². The first-order valence-corrected chi connectivity index (χ1v) is 7.25. The maximum atomic E-state index is 10.8. The number of rotatable bonds is 3. The molecule has 6 nitrogen and oxygen atoms in total. The number of anilines is 1. The van der Waals surface area contributed by atoms with Crippen LogP contribution in [0.5, 0.6) is 0 Å². The van der Waals surface area contributed by atoms with Crippen LogP contribution in [-0.4, -0.2) is 23.7 Å². The van der Waals surface area contributed by atoms with Gasteiger partial charge in [-0.2, -0.15) is 5.26 Å². The summed E-state index contributed by atoms with van der Waals surface area (Å²) in [6.07, 6.45) is 4.62. The van der Waals surface area contributed by atoms with Crippen molar-refractivity contribution in [2.75, 3.05) is 11.9 Å². The molecular formula is C15H17N3O3. The molecule has 2 aliphatic rings. The first-order valence-electron chi connectivity index (χ1n) is 7.25. The molecule has 1 saturated heterocycles. The van der Waals surface area contributed by atoms with E-state index < -0.39 is 4.92 Å². The molecule has 3 rings (SSSR count). The Bertz CT molecular complexity index is 596. The fourth-order valence-corrected chi connectivity index (χ4v) is 3.42. The zero-order chi connectivity index (χ0) is 14.8. The number of ether oxygens (including phenoxy) is 1. The molecule has 110 valence electrons. The maximum Gasteiger partial charge on any atom is 0.270 e. The fraction of sp³-hybridized carbons (Fsp3) is 0.533. The Morgan fingerprint density at radius 2 is 2.24 bits per heavy atom. The van der Waals surface area contributed by atoms with E-state index in [0.717, 1.165) is 32.3 Å². The standard InChI is InChI=1S/C15H17N3O3/c16-9-10-8-11(18(19)20)4-5-13(10)17-14-2-1-3-15-12(14)6-7-21-15/h4-5,8,12,14-15,17H,1-3,6-7H2. The summed E-state index contributed by atoms with van der Waals surface area (Å²) in [5.74, 6) is 0.473. The van der Waals surface area contributed by atoms with E-state index in [-0.39, 0.29) is 11.7 Å². The molecule has 6 heteroatoms. The van der Waals surface area contributed by atoms with E-state index in [1.165, 1.54) is 12.1 Å². The van der Waals surface area contributed by atoms with Gasteiger partial charge < -0.3 is 10.1 Å². The highest BCUT2D eigenvalue weighted by Crippen LogP contribution is 2.36. The van der Waals surface area contributed by atoms with Crippen molar-refractivity contribution in [3.05, 3.63) is 33.9 Å². The Morgan fingerprint density at radius 3 is 3.00 bits per heavy atom. The second kappa shape index (κ2) is 5.70. The molecule has 0 amide bonds. The maximum absolute atomic E-state index is 10.8. The summed E-state index contributed by atoms with van der Waals surface area (Å²) in [6.45, 7) is 0.804. The van der Waals surface area contributed by atoms with E-state index in [0.29, 0.717) is 23.3 Å². The average Bonchev–Trinajstić information content (AvgIpc) is 2.97. The number of nitro groups is 1. The molecule has 3 unspecified atom stereocenters. The zero-order valence-electron chi connectivity index (χ0n) is 11.6. The molecule has 1 aliphatic carbocycles. The number of nitrogens with zero attached hydrogens (tertiary/aromatic N) is 2. The molecule has 1 N–H and O–H groups in total. The Morgan fingerprint density at radius 1 is 1.38 bits per heavy atom. The zero-order valence-corrected chi connectivity index (χ0v) is 11.6. The van der Waals surface area contributed by atoms with E-state index in [1.54, 1.807) is 6.07 Å². The third kappa shape index (κ3) is 2.69. The first-order chi connectivity index (χ1) is 10.2. The first kappa shape index (κ1) is 13.8. The molecular weight excluding hydrogens is 270 g/mol. The highest BCUT2D eigenvalue weighted by atomic mass is 16.6. The van der Waals surface area contributed by atoms with Crippen molar-refractivity contribution < 1.29 is 9.66 Å². The summed E-state index contributed by atoms with van der Waals surface area (Å²) >= 11 is 0. The predicted molar refractivity (Wildman–Crippen MR) is 76.9 cm³/mol. The van der Waals surface area contributed by atoms with Crippen LogP contribution in [0.4, 0.5) is 11.4 Å². The SMILES string of the molecule is N#Cc1cc([N+](=O)[O-])ccc1NC1CCCC2OCCC12. The normalized spacial score (nSPS) is 27.7. The third-order valence-corrected chi connectivity index (χ3v) is 4.46. The van der Waals surface area contributed by atoms with Crippen molar-refractivity contribution in [1.82, 2.24) is 0 Å². The lowest BCUT2D eigenvalue weighted by Gasteiger charge is -2.34. The van der Waals surface area contributed by atoms with Crippen LogP contribution in [0.3, 0.4) is 0 Å². The van der Waals surface area contributed by atoms with Gasteiger partial charge in [0.2, 0.25) is 0 Å². The van der Waals surface area contributed by atoms with Crippen LogP contribution in [0.2, 0.25) is 0 Å². The van der Waals surface area contributed by atoms with E-state index >= 15 is 0 Å². The van der Waals surface area contributed by atoms with E-state index in [1.807, 2.05) is 6.07 Å². The Labute approximate surface area is 122 Å². The predicted octanol–water partition coefficient (Wildman–Crippen LogP) is 2.84. The highest BCUT2D eigenvalue weighted by Gasteiger charge is 2.37. The number of fused-ring (bicyclic) bond motifs is 1. The van der Waals surface area contributed by atoms with Crippen molar-refractivity contribution in [2.24, 2.45) is 5.92 Å². The topological polar surface area (TPSA) is 88.2 Å². The molecule has 0 bridgehead atoms. The summed E-state index contributed by atoms with van der Waals surface area (Å²) in [5.41, 5.74) is 0.953. The van der Waals surface area contributed by atoms with E-state index in [9.17, 15) is 15.4 Å². The van der Waals surface area contributed by atoms with Crippen molar-refractivity contribution in [3.63, 3.8) is 0 Å². The Balaban J connectivity index is 1.81. The number of non-ortho nitro benzene ring substituents is 1. The quantitative estimate of drug-likeness (QED) is 0.682. The smallest absolute Gasteiger partial charge is 0.270 e. The van der Waals surface area contributed by atoms with Crippen molar-refractivity contribution in [2.45, 2.75) is 37.8 Å². The van der Waals surface area contributed by atoms with Crippen LogP contribution in [0, 0.1) is 27.4 Å². The molecule has 0 aromatic heterocycles. The van der Waals surface area contributed by atoms with Crippen molar-refractivity contribution >= 4 is 11.4 Å². The second-order valence-corrected chi connectivity index (χ2v) is 5.64. The lowest BCUT2D eigenvalue weighted by atomic mass is 9.81. The molecule has 0 spiro atoms. The minimum atomic E-state index is -0.480. The summed E-state index contributed by atoms with van der Waals surface area (Å²) in [5, 5.41) is 23.4. The van der Waals surface area contributed by atoms with Crippen LogP contribution in [0.15, 0.2) is 18.2 Å². The van der Waals surface area contributed by atoms with Crippen LogP contribution >= 0.6 is 0 Å². The van der Waals surface area contributed by atoms with E-state index in [4.69, 9.17) is 4.74 Å². The van der Waals surface area contributed by atoms with Gasteiger partial charge in [-0.15, -0.1) is 0 Å². The number of hydrogen-bond acceptors (Lipinski definition) is 5. The molecule has 1 aromatic rings. The highest BCUT2D eigenvalue weighted by molar-refractivity contribution is 5.61. The molecule has 21 heavy (non-hydrogen) atoms. The summed E-state index contributed by atoms with van der Waals surface area (Å²) in [7, 11) is 0. The molecule has 1 heterocycles. The van der Waals surface area contributed by atoms with Gasteiger partial charge in [-0.25, -0.2) is 0 Å². The summed E-state index contributed by atoms with van der Waals surface area (Å²) in [4.78, 5) is 10.3. The summed E-state index contributed by atoms with van der Waals surface area (Å²) < 4.78 is 5.74. The molecule has 1 aromatic carbocycles. The van der Waals surface area contributed by atoms with Crippen LogP contribution < -0.4 is 5.32 Å². The lowest BCUT2D eigenvalue weighted by Crippen LogP contribution is -2.38. The van der Waals surface area contributed by atoms with Gasteiger partial charge in [0.1, 0.15) is 6.07 Å². The number of benzene rings is 1. The minimum absolute atomic E-state index is 0.0529. The number of nitro benzene ring substituents is 1. The van der Waals surface area contributed by atoms with Crippen LogP contribution in [0.1, 0.15) is 31.2 Å². The molecule has 0 radical (unpaired) electrons. The van der Waals surface area contributed by atoms with Crippen molar-refractivity contribution in [3.8, 4) is 6.07 Å². The van der Waals surface area contributed by atoms with Crippen LogP contribution in [-0.2, 0) is 4.74 Å². The molecule has 2 fully saturated rings. The Kier molecular flexibility index (Phi) is 3.76. The second-order valence-electron chi connectivity index (χ2n) is 5.64. The molecule has 1 saturated carbocycles. The number of hydrogen-bond donors (Lipinski definition) is 1. The van der Waals surface area contributed by atoms with Gasteiger partial charge in [-0.1, -0.05) is 0 Å². The third-order valence-electron chi connectivity index (χ3n) is 4.46.